The Labute approximate surface area is 77.3 Å². The number of aromatic amines is 1. The Morgan fingerprint density at radius 3 is 3.00 bits per heavy atom. The van der Waals surface area contributed by atoms with Crippen molar-refractivity contribution < 1.29 is 9.53 Å². The number of fused-ring (bicyclic) bond motifs is 1. The van der Waals surface area contributed by atoms with Crippen molar-refractivity contribution in [2.24, 2.45) is 5.73 Å². The Morgan fingerprint density at radius 1 is 1.50 bits per heavy atom. The van der Waals surface area contributed by atoms with E-state index in [4.69, 9.17) is 11.5 Å². The van der Waals surface area contributed by atoms with E-state index in [1.165, 1.54) is 6.33 Å². The molecule has 0 saturated heterocycles. The molecule has 0 aliphatic rings. The van der Waals surface area contributed by atoms with Gasteiger partial charge in [-0.3, -0.25) is 0 Å². The van der Waals surface area contributed by atoms with Crippen molar-refractivity contribution in [2.45, 2.75) is 0 Å². The van der Waals surface area contributed by atoms with E-state index in [0.717, 1.165) is 0 Å². The molecule has 8 heteroatoms. The zero-order valence-corrected chi connectivity index (χ0v) is 6.89. The lowest BCUT2D eigenvalue weighted by Crippen LogP contribution is -2.18. The largest absolute Gasteiger partial charge is 0.412 e. The van der Waals surface area contributed by atoms with Gasteiger partial charge in [0, 0.05) is 0 Å². The number of nitrogen functional groups attached to an aromatic ring is 1. The Morgan fingerprint density at radius 2 is 2.29 bits per heavy atom. The minimum atomic E-state index is -1.00. The highest BCUT2D eigenvalue weighted by molar-refractivity contribution is 5.81. The monoisotopic (exact) mass is 194 g/mol. The summed E-state index contributed by atoms with van der Waals surface area (Å²) in [7, 11) is 0. The average Bonchev–Trinajstić information content (AvgIpc) is 2.50. The number of carbonyl (C=O) groups excluding carboxylic acids is 1. The van der Waals surface area contributed by atoms with Crippen molar-refractivity contribution in [3.8, 4) is 6.01 Å². The molecule has 0 radical (unpaired) electrons. The van der Waals surface area contributed by atoms with Crippen molar-refractivity contribution in [1.82, 2.24) is 19.9 Å². The predicted octanol–water partition coefficient (Wildman–Crippen LogP) is -0.607. The third kappa shape index (κ3) is 1.28. The molecular formula is C6H6N6O2. The topological polar surface area (TPSA) is 133 Å². The Hall–Kier alpha value is -2.38. The predicted molar refractivity (Wildman–Crippen MR) is 46.3 cm³/mol. The molecule has 0 aliphatic carbocycles. The molecule has 1 amide bonds. The fourth-order valence-corrected chi connectivity index (χ4v) is 0.970. The Balaban J connectivity index is 2.53. The first kappa shape index (κ1) is 8.23. The highest BCUT2D eigenvalue weighted by Gasteiger charge is 2.09. The van der Waals surface area contributed by atoms with E-state index in [1.807, 2.05) is 0 Å². The first-order valence-electron chi connectivity index (χ1n) is 3.60. The summed E-state index contributed by atoms with van der Waals surface area (Å²) in [6.07, 6.45) is 0.406. The van der Waals surface area contributed by atoms with Crippen LogP contribution in [0.2, 0.25) is 0 Å². The van der Waals surface area contributed by atoms with E-state index in [1.54, 1.807) is 0 Å². The summed E-state index contributed by atoms with van der Waals surface area (Å²) in [6.45, 7) is 0. The molecule has 0 saturated carbocycles. The van der Waals surface area contributed by atoms with Crippen LogP contribution in [0.4, 0.5) is 10.6 Å². The fourth-order valence-electron chi connectivity index (χ4n) is 0.970. The molecule has 14 heavy (non-hydrogen) atoms. The number of H-pyrrole nitrogens is 1. The van der Waals surface area contributed by atoms with Crippen molar-refractivity contribution in [1.29, 1.82) is 0 Å². The second-order valence-electron chi connectivity index (χ2n) is 2.41. The van der Waals surface area contributed by atoms with Gasteiger partial charge in [0.2, 0.25) is 0 Å². The number of primary amides is 1. The molecule has 0 fully saturated rings. The smallest absolute Gasteiger partial charge is 0.382 e. The van der Waals surface area contributed by atoms with Gasteiger partial charge in [-0.1, -0.05) is 0 Å². The lowest BCUT2D eigenvalue weighted by atomic mass is 10.5. The number of amides is 1. The summed E-state index contributed by atoms with van der Waals surface area (Å²) in [6, 6.07) is -0.213. The SMILES string of the molecule is NC(=O)Oc1nc(N)c2[nH]cnc2n1. The van der Waals surface area contributed by atoms with E-state index in [9.17, 15) is 4.79 Å². The molecule has 0 atom stereocenters. The molecule has 0 unspecified atom stereocenters. The number of aromatic nitrogens is 4. The van der Waals surface area contributed by atoms with Crippen LogP contribution in [0.15, 0.2) is 6.33 Å². The number of ether oxygens (including phenoxy) is 1. The summed E-state index contributed by atoms with van der Waals surface area (Å²) in [5.74, 6) is 0.142. The molecule has 2 rings (SSSR count). The van der Waals surface area contributed by atoms with Crippen LogP contribution in [-0.4, -0.2) is 26.0 Å². The van der Waals surface area contributed by atoms with Gasteiger partial charge in [-0.25, -0.2) is 9.78 Å². The maximum atomic E-state index is 10.4. The molecule has 2 aromatic heterocycles. The van der Waals surface area contributed by atoms with Crippen molar-refractivity contribution in [2.75, 3.05) is 5.73 Å². The molecule has 5 N–H and O–H groups in total. The van der Waals surface area contributed by atoms with Crippen molar-refractivity contribution >= 4 is 23.1 Å². The van der Waals surface area contributed by atoms with Gasteiger partial charge < -0.3 is 21.2 Å². The molecular weight excluding hydrogens is 188 g/mol. The summed E-state index contributed by atoms with van der Waals surface area (Å²) in [5.41, 5.74) is 11.1. The summed E-state index contributed by atoms with van der Waals surface area (Å²) >= 11 is 0. The van der Waals surface area contributed by atoms with Crippen LogP contribution in [0.1, 0.15) is 0 Å². The number of nitrogens with zero attached hydrogens (tertiary/aromatic N) is 3. The van der Waals surface area contributed by atoms with Gasteiger partial charge in [0.25, 0.3) is 0 Å². The number of nitrogens with one attached hydrogen (secondary N) is 1. The number of hydrogen-bond donors (Lipinski definition) is 3. The second-order valence-corrected chi connectivity index (χ2v) is 2.41. The van der Waals surface area contributed by atoms with Gasteiger partial charge in [-0.2, -0.15) is 9.97 Å². The number of nitrogens with two attached hydrogens (primary N) is 2. The Bertz CT molecular complexity index is 492. The molecule has 8 nitrogen and oxygen atoms in total. The maximum absolute atomic E-state index is 10.4. The van der Waals surface area contributed by atoms with E-state index >= 15 is 0 Å². The highest BCUT2D eigenvalue weighted by Crippen LogP contribution is 2.16. The van der Waals surface area contributed by atoms with Crippen LogP contribution in [-0.2, 0) is 0 Å². The molecule has 0 bridgehead atoms. The minimum Gasteiger partial charge on any atom is -0.382 e. The second kappa shape index (κ2) is 2.83. The van der Waals surface area contributed by atoms with Gasteiger partial charge in [0.15, 0.2) is 11.5 Å². The van der Waals surface area contributed by atoms with Crippen LogP contribution < -0.4 is 16.2 Å². The number of anilines is 1. The molecule has 0 spiro atoms. The van der Waals surface area contributed by atoms with Gasteiger partial charge in [0.1, 0.15) is 5.52 Å². The van der Waals surface area contributed by atoms with Crippen LogP contribution in [0.25, 0.3) is 11.2 Å². The first-order valence-corrected chi connectivity index (χ1v) is 3.60. The van der Waals surface area contributed by atoms with Gasteiger partial charge in [-0.15, -0.1) is 0 Å². The van der Waals surface area contributed by atoms with E-state index in [2.05, 4.69) is 24.7 Å². The Kier molecular flexibility index (Phi) is 1.67. The third-order valence-electron chi connectivity index (χ3n) is 1.48. The van der Waals surface area contributed by atoms with Gasteiger partial charge in [0.05, 0.1) is 6.33 Å². The highest BCUT2D eigenvalue weighted by atomic mass is 16.6. The summed E-state index contributed by atoms with van der Waals surface area (Å²) in [4.78, 5) is 24.4. The molecule has 72 valence electrons. The number of rotatable bonds is 1. The normalized spacial score (nSPS) is 10.3. The lowest BCUT2D eigenvalue weighted by molar-refractivity contribution is 0.207. The van der Waals surface area contributed by atoms with Gasteiger partial charge >= 0.3 is 12.1 Å². The average molecular weight is 194 g/mol. The summed E-state index contributed by atoms with van der Waals surface area (Å²) < 4.78 is 4.46. The lowest BCUT2D eigenvalue weighted by Gasteiger charge is -1.99. The van der Waals surface area contributed by atoms with Crippen LogP contribution >= 0.6 is 0 Å². The molecule has 0 aliphatic heterocycles. The van der Waals surface area contributed by atoms with Crippen molar-refractivity contribution in [3.05, 3.63) is 6.33 Å². The third-order valence-corrected chi connectivity index (χ3v) is 1.48. The van der Waals surface area contributed by atoms with Crippen molar-refractivity contribution in [3.63, 3.8) is 0 Å². The quantitative estimate of drug-likeness (QED) is 0.554. The van der Waals surface area contributed by atoms with E-state index in [-0.39, 0.29) is 11.8 Å². The minimum absolute atomic E-state index is 0.142. The van der Waals surface area contributed by atoms with Crippen LogP contribution in [0, 0.1) is 0 Å². The number of carbonyl (C=O) groups is 1. The zero-order chi connectivity index (χ0) is 10.1. The molecule has 2 aromatic rings. The molecule has 0 aromatic carbocycles. The number of hydrogen-bond acceptors (Lipinski definition) is 6. The van der Waals surface area contributed by atoms with Crippen LogP contribution in [0.5, 0.6) is 6.01 Å². The fraction of sp³-hybridized carbons (Fsp3) is 0. The maximum Gasteiger partial charge on any atom is 0.412 e. The molecule has 2 heterocycles. The zero-order valence-electron chi connectivity index (χ0n) is 6.89. The summed E-state index contributed by atoms with van der Waals surface area (Å²) in [5, 5.41) is 0. The van der Waals surface area contributed by atoms with Crippen LogP contribution in [0.3, 0.4) is 0 Å². The number of imidazole rings is 1. The van der Waals surface area contributed by atoms with E-state index < -0.39 is 6.09 Å². The van der Waals surface area contributed by atoms with E-state index in [0.29, 0.717) is 11.2 Å². The van der Waals surface area contributed by atoms with Gasteiger partial charge in [-0.05, 0) is 0 Å². The first-order chi connectivity index (χ1) is 6.66. The standard InChI is InChI=1S/C6H6N6O2/c7-3-2-4(10-1-9-2)12-6(11-3)14-5(8)13/h1H,(H2,8,13)(H3,7,9,10,11,12).